The molecule has 1 aliphatic carbocycles. The second-order valence-electron chi connectivity index (χ2n) is 7.30. The molecule has 0 aromatic heterocycles. The molecule has 1 spiro atoms. The standard InChI is InChI=1S/C15H24O5/c1-8-4-5-11-9(2)12(16)17-13-15(11)10(8)6-7-14(3,18-13)19-20-15/h8-13,16H,4-7H2,1-3H3/t8-,9-,10+,11+,12-,13-,14-,15+/m1/s1. The lowest BCUT2D eigenvalue weighted by molar-refractivity contribution is -0.576. The van der Waals surface area contributed by atoms with Gasteiger partial charge in [0.05, 0.1) is 0 Å². The highest BCUT2D eigenvalue weighted by molar-refractivity contribution is 5.08. The summed E-state index contributed by atoms with van der Waals surface area (Å²) in [4.78, 5) is 11.6. The van der Waals surface area contributed by atoms with E-state index in [0.717, 1.165) is 19.3 Å². The van der Waals surface area contributed by atoms with Gasteiger partial charge in [0, 0.05) is 18.3 Å². The molecule has 0 unspecified atom stereocenters. The van der Waals surface area contributed by atoms with Gasteiger partial charge in [0.25, 0.3) is 0 Å². The maximum absolute atomic E-state index is 10.2. The van der Waals surface area contributed by atoms with Crippen LogP contribution in [0.4, 0.5) is 0 Å². The minimum absolute atomic E-state index is 0.0379. The van der Waals surface area contributed by atoms with E-state index in [1.165, 1.54) is 6.42 Å². The third kappa shape index (κ3) is 1.56. The van der Waals surface area contributed by atoms with E-state index in [1.807, 2.05) is 13.8 Å². The van der Waals surface area contributed by atoms with Crippen LogP contribution in [0.25, 0.3) is 0 Å². The van der Waals surface area contributed by atoms with Crippen LogP contribution in [-0.2, 0) is 19.2 Å². The topological polar surface area (TPSA) is 57.2 Å². The molecule has 1 saturated carbocycles. The molecule has 2 bridgehead atoms. The van der Waals surface area contributed by atoms with Gasteiger partial charge in [-0.15, -0.1) is 0 Å². The number of aliphatic hydroxyl groups is 1. The molecule has 4 heterocycles. The number of aliphatic hydroxyl groups excluding tert-OH is 1. The molecule has 5 nitrogen and oxygen atoms in total. The van der Waals surface area contributed by atoms with E-state index in [9.17, 15) is 5.11 Å². The average molecular weight is 284 g/mol. The molecule has 4 aliphatic heterocycles. The molecule has 0 aromatic rings. The van der Waals surface area contributed by atoms with E-state index in [1.54, 1.807) is 0 Å². The predicted molar refractivity (Wildman–Crippen MR) is 69.0 cm³/mol. The van der Waals surface area contributed by atoms with Gasteiger partial charge in [0.15, 0.2) is 18.2 Å². The lowest BCUT2D eigenvalue weighted by Crippen LogP contribution is -2.70. The van der Waals surface area contributed by atoms with Crippen molar-refractivity contribution in [2.24, 2.45) is 23.7 Å². The van der Waals surface area contributed by atoms with Crippen LogP contribution in [0.2, 0.25) is 0 Å². The Morgan fingerprint density at radius 1 is 1.05 bits per heavy atom. The molecule has 4 saturated heterocycles. The first-order chi connectivity index (χ1) is 9.46. The monoisotopic (exact) mass is 284 g/mol. The average Bonchev–Trinajstić information content (AvgIpc) is 2.63. The SMILES string of the molecule is C[C@H]1[C@H](O)O[C@@H]2O[C@@]3(C)CC[C@H]4[C@H](C)CC[C@@H]1[C@]24OO3. The van der Waals surface area contributed by atoms with Crippen molar-refractivity contribution in [1.82, 2.24) is 0 Å². The summed E-state index contributed by atoms with van der Waals surface area (Å²) >= 11 is 0. The first-order valence-electron chi connectivity index (χ1n) is 7.84. The second kappa shape index (κ2) is 4.17. The van der Waals surface area contributed by atoms with Gasteiger partial charge in [0.2, 0.25) is 5.79 Å². The molecule has 0 aromatic carbocycles. The van der Waals surface area contributed by atoms with Gasteiger partial charge < -0.3 is 14.6 Å². The van der Waals surface area contributed by atoms with Gasteiger partial charge in [-0.2, -0.15) is 0 Å². The zero-order valence-corrected chi connectivity index (χ0v) is 12.4. The Balaban J connectivity index is 1.82. The van der Waals surface area contributed by atoms with Gasteiger partial charge in [-0.1, -0.05) is 13.8 Å². The van der Waals surface area contributed by atoms with Crippen molar-refractivity contribution in [3.8, 4) is 0 Å². The molecule has 5 aliphatic rings. The van der Waals surface area contributed by atoms with E-state index < -0.39 is 24.0 Å². The molecule has 5 rings (SSSR count). The molecule has 8 atom stereocenters. The molecule has 1 N–H and O–H groups in total. The maximum atomic E-state index is 10.2. The van der Waals surface area contributed by atoms with E-state index in [2.05, 4.69) is 6.92 Å². The molecule has 5 fully saturated rings. The van der Waals surface area contributed by atoms with Crippen molar-refractivity contribution in [3.63, 3.8) is 0 Å². The summed E-state index contributed by atoms with van der Waals surface area (Å²) in [5, 5.41) is 10.2. The van der Waals surface area contributed by atoms with Crippen LogP contribution in [0, 0.1) is 23.7 Å². The highest BCUT2D eigenvalue weighted by Gasteiger charge is 2.69. The van der Waals surface area contributed by atoms with Crippen LogP contribution in [0.15, 0.2) is 0 Å². The fourth-order valence-corrected chi connectivity index (χ4v) is 4.89. The van der Waals surface area contributed by atoms with Gasteiger partial charge in [-0.05, 0) is 38.0 Å². The largest absolute Gasteiger partial charge is 0.368 e. The minimum atomic E-state index is -0.781. The molecule has 5 heteroatoms. The van der Waals surface area contributed by atoms with Crippen molar-refractivity contribution < 1.29 is 24.4 Å². The van der Waals surface area contributed by atoms with Crippen LogP contribution in [0.3, 0.4) is 0 Å². The van der Waals surface area contributed by atoms with E-state index in [-0.39, 0.29) is 11.8 Å². The van der Waals surface area contributed by atoms with Gasteiger partial charge >= 0.3 is 0 Å². The number of fused-ring (bicyclic) bond motifs is 2. The molecule has 0 radical (unpaired) electrons. The minimum Gasteiger partial charge on any atom is -0.368 e. The normalized spacial score (nSPS) is 61.8. The Bertz CT molecular complexity index is 411. The van der Waals surface area contributed by atoms with Gasteiger partial charge in [-0.25, -0.2) is 9.78 Å². The van der Waals surface area contributed by atoms with Crippen LogP contribution in [0.1, 0.15) is 46.5 Å². The first-order valence-corrected chi connectivity index (χ1v) is 7.84. The molecular formula is C15H24O5. The summed E-state index contributed by atoms with van der Waals surface area (Å²) < 4.78 is 11.9. The smallest absolute Gasteiger partial charge is 0.201 e. The Kier molecular flexibility index (Phi) is 2.81. The maximum Gasteiger partial charge on any atom is 0.201 e. The summed E-state index contributed by atoms with van der Waals surface area (Å²) in [7, 11) is 0. The highest BCUT2D eigenvalue weighted by atomic mass is 17.3. The summed E-state index contributed by atoms with van der Waals surface area (Å²) in [6, 6.07) is 0. The van der Waals surface area contributed by atoms with E-state index in [4.69, 9.17) is 19.2 Å². The van der Waals surface area contributed by atoms with Crippen LogP contribution < -0.4 is 0 Å². The zero-order valence-electron chi connectivity index (χ0n) is 12.4. The Morgan fingerprint density at radius 3 is 2.65 bits per heavy atom. The summed E-state index contributed by atoms with van der Waals surface area (Å²) in [6.45, 7) is 6.22. The fraction of sp³-hybridized carbons (Fsp3) is 1.00. The summed E-state index contributed by atoms with van der Waals surface area (Å²) in [5.41, 5.74) is -0.549. The number of hydrogen-bond acceptors (Lipinski definition) is 5. The molecule has 114 valence electrons. The quantitative estimate of drug-likeness (QED) is 0.691. The number of rotatable bonds is 0. The third-order valence-corrected chi connectivity index (χ3v) is 6.12. The Morgan fingerprint density at radius 2 is 1.85 bits per heavy atom. The van der Waals surface area contributed by atoms with Crippen molar-refractivity contribution >= 4 is 0 Å². The predicted octanol–water partition coefficient (Wildman–Crippen LogP) is 2.19. The van der Waals surface area contributed by atoms with Crippen LogP contribution in [-0.4, -0.2) is 29.1 Å². The lowest BCUT2D eigenvalue weighted by Gasteiger charge is -2.59. The number of ether oxygens (including phenoxy) is 2. The molecule has 20 heavy (non-hydrogen) atoms. The van der Waals surface area contributed by atoms with Crippen LogP contribution >= 0.6 is 0 Å². The van der Waals surface area contributed by atoms with Crippen molar-refractivity contribution in [3.05, 3.63) is 0 Å². The Labute approximate surface area is 119 Å². The zero-order chi connectivity index (χ0) is 14.1. The summed E-state index contributed by atoms with van der Waals surface area (Å²) in [5.74, 6) is 0.437. The van der Waals surface area contributed by atoms with Crippen molar-refractivity contribution in [2.45, 2.75) is 70.4 Å². The fourth-order valence-electron chi connectivity index (χ4n) is 4.89. The Hall–Kier alpha value is -0.200. The number of hydrogen-bond donors (Lipinski definition) is 1. The van der Waals surface area contributed by atoms with Gasteiger partial charge in [-0.3, -0.25) is 0 Å². The second-order valence-corrected chi connectivity index (χ2v) is 7.30. The van der Waals surface area contributed by atoms with Gasteiger partial charge in [0.1, 0.15) is 0 Å². The van der Waals surface area contributed by atoms with Crippen molar-refractivity contribution in [1.29, 1.82) is 0 Å². The highest BCUT2D eigenvalue weighted by Crippen LogP contribution is 2.60. The first kappa shape index (κ1) is 13.5. The lowest BCUT2D eigenvalue weighted by atomic mass is 9.58. The van der Waals surface area contributed by atoms with Crippen molar-refractivity contribution in [2.75, 3.05) is 0 Å². The third-order valence-electron chi connectivity index (χ3n) is 6.12. The molecular weight excluding hydrogens is 260 g/mol. The van der Waals surface area contributed by atoms with E-state index in [0.29, 0.717) is 11.8 Å². The van der Waals surface area contributed by atoms with Crippen LogP contribution in [0.5, 0.6) is 0 Å². The van der Waals surface area contributed by atoms with E-state index >= 15 is 0 Å². The summed E-state index contributed by atoms with van der Waals surface area (Å²) in [6.07, 6.45) is 2.72. The molecule has 0 amide bonds.